The van der Waals surface area contributed by atoms with Crippen molar-refractivity contribution in [1.82, 2.24) is 0 Å². The van der Waals surface area contributed by atoms with Gasteiger partial charge in [0.25, 0.3) is 5.91 Å². The number of ketones is 1. The number of anilines is 1. The lowest BCUT2D eigenvalue weighted by Gasteiger charge is -2.10. The summed E-state index contributed by atoms with van der Waals surface area (Å²) >= 11 is 0. The number of benzene rings is 2. The second-order valence-corrected chi connectivity index (χ2v) is 5.33. The van der Waals surface area contributed by atoms with Gasteiger partial charge in [0.2, 0.25) is 0 Å². The van der Waals surface area contributed by atoms with Gasteiger partial charge < -0.3 is 19.5 Å². The van der Waals surface area contributed by atoms with Crippen LogP contribution in [0.4, 0.5) is 5.69 Å². The Morgan fingerprint density at radius 2 is 1.77 bits per heavy atom. The van der Waals surface area contributed by atoms with Crippen LogP contribution in [0.2, 0.25) is 0 Å². The largest absolute Gasteiger partial charge is 0.497 e. The van der Waals surface area contributed by atoms with E-state index < -0.39 is 18.5 Å². The summed E-state index contributed by atoms with van der Waals surface area (Å²) in [7, 11) is 2.92. The molecular formula is C19H19NO6. The van der Waals surface area contributed by atoms with E-state index in [-0.39, 0.29) is 17.1 Å². The summed E-state index contributed by atoms with van der Waals surface area (Å²) in [5.74, 6) is -0.520. The zero-order valence-electron chi connectivity index (χ0n) is 14.7. The van der Waals surface area contributed by atoms with Crippen molar-refractivity contribution in [2.75, 3.05) is 26.1 Å². The van der Waals surface area contributed by atoms with Crippen molar-refractivity contribution in [3.8, 4) is 11.5 Å². The minimum atomic E-state index is -0.697. The number of carbonyl (C=O) groups is 3. The minimum Gasteiger partial charge on any atom is -0.497 e. The van der Waals surface area contributed by atoms with Crippen molar-refractivity contribution in [3.05, 3.63) is 53.6 Å². The number of nitrogens with one attached hydrogen (secondary N) is 1. The van der Waals surface area contributed by atoms with Crippen LogP contribution < -0.4 is 14.8 Å². The Morgan fingerprint density at radius 1 is 1.00 bits per heavy atom. The Hall–Kier alpha value is -3.35. The highest BCUT2D eigenvalue weighted by Gasteiger charge is 2.16. The van der Waals surface area contributed by atoms with Crippen molar-refractivity contribution < 1.29 is 28.6 Å². The number of carbonyl (C=O) groups excluding carboxylic acids is 3. The predicted octanol–water partition coefficient (Wildman–Crippen LogP) is 2.70. The first-order chi connectivity index (χ1) is 12.4. The molecule has 0 aliphatic carbocycles. The first kappa shape index (κ1) is 19.0. The molecule has 26 heavy (non-hydrogen) atoms. The Labute approximate surface area is 150 Å². The van der Waals surface area contributed by atoms with E-state index in [4.69, 9.17) is 14.2 Å². The molecule has 1 amide bonds. The molecule has 0 heterocycles. The third-order valence-corrected chi connectivity index (χ3v) is 3.52. The van der Waals surface area contributed by atoms with Crippen molar-refractivity contribution >= 4 is 23.3 Å². The third kappa shape index (κ3) is 4.83. The second-order valence-electron chi connectivity index (χ2n) is 5.33. The lowest BCUT2D eigenvalue weighted by molar-refractivity contribution is -0.119. The topological polar surface area (TPSA) is 90.9 Å². The number of hydrogen-bond donors (Lipinski definition) is 1. The molecule has 0 unspecified atom stereocenters. The SMILES string of the molecule is COc1ccc(C(=O)OCC(=O)Nc2cccc(C(C)=O)c2)c(OC)c1. The summed E-state index contributed by atoms with van der Waals surface area (Å²) in [6, 6.07) is 11.1. The molecule has 0 saturated carbocycles. The maximum atomic E-state index is 12.2. The normalized spacial score (nSPS) is 9.96. The molecule has 0 fully saturated rings. The fraction of sp³-hybridized carbons (Fsp3) is 0.211. The molecule has 0 atom stereocenters. The molecule has 0 saturated heterocycles. The first-order valence-corrected chi connectivity index (χ1v) is 7.74. The smallest absolute Gasteiger partial charge is 0.342 e. The average molecular weight is 357 g/mol. The van der Waals surface area contributed by atoms with Crippen molar-refractivity contribution in [1.29, 1.82) is 0 Å². The van der Waals surface area contributed by atoms with Crippen LogP contribution in [0.3, 0.4) is 0 Å². The predicted molar refractivity (Wildman–Crippen MR) is 94.9 cm³/mol. The Morgan fingerprint density at radius 3 is 2.42 bits per heavy atom. The zero-order chi connectivity index (χ0) is 19.1. The molecule has 0 aliphatic heterocycles. The molecule has 2 aromatic rings. The van der Waals surface area contributed by atoms with E-state index in [1.54, 1.807) is 36.4 Å². The van der Waals surface area contributed by atoms with Crippen molar-refractivity contribution in [2.24, 2.45) is 0 Å². The molecule has 2 rings (SSSR count). The molecule has 136 valence electrons. The van der Waals surface area contributed by atoms with Crippen LogP contribution in [0, 0.1) is 0 Å². The molecular weight excluding hydrogens is 338 g/mol. The molecule has 7 nitrogen and oxygen atoms in total. The number of ether oxygens (including phenoxy) is 3. The highest BCUT2D eigenvalue weighted by molar-refractivity contribution is 5.99. The van der Waals surface area contributed by atoms with Gasteiger partial charge in [0.1, 0.15) is 17.1 Å². The second kappa shape index (κ2) is 8.66. The van der Waals surface area contributed by atoms with Crippen molar-refractivity contribution in [3.63, 3.8) is 0 Å². The molecule has 1 N–H and O–H groups in total. The third-order valence-electron chi connectivity index (χ3n) is 3.52. The number of esters is 1. The summed E-state index contributed by atoms with van der Waals surface area (Å²) in [6.07, 6.45) is 0. The maximum absolute atomic E-state index is 12.2. The van der Waals surface area contributed by atoms with Crippen LogP contribution in [0.15, 0.2) is 42.5 Å². The summed E-state index contributed by atoms with van der Waals surface area (Å²) in [5, 5.41) is 2.57. The quantitative estimate of drug-likeness (QED) is 0.605. The van der Waals surface area contributed by atoms with Gasteiger partial charge in [-0.05, 0) is 31.2 Å². The minimum absolute atomic E-state index is 0.112. The van der Waals surface area contributed by atoms with E-state index in [0.717, 1.165) is 0 Å². The Balaban J connectivity index is 1.98. The van der Waals surface area contributed by atoms with E-state index in [1.165, 1.54) is 27.2 Å². The van der Waals surface area contributed by atoms with Gasteiger partial charge in [-0.25, -0.2) is 4.79 Å². The van der Waals surface area contributed by atoms with E-state index in [1.807, 2.05) is 0 Å². The molecule has 2 aromatic carbocycles. The van der Waals surface area contributed by atoms with E-state index in [9.17, 15) is 14.4 Å². The fourth-order valence-corrected chi connectivity index (χ4v) is 2.19. The number of methoxy groups -OCH3 is 2. The van der Waals surface area contributed by atoms with Crippen LogP contribution in [-0.4, -0.2) is 38.5 Å². The van der Waals surface area contributed by atoms with Gasteiger partial charge in [0, 0.05) is 17.3 Å². The number of Topliss-reactive ketones (excluding diaryl/α,β-unsaturated/α-hetero) is 1. The maximum Gasteiger partial charge on any atom is 0.342 e. The number of amides is 1. The van der Waals surface area contributed by atoms with E-state index in [0.29, 0.717) is 17.0 Å². The van der Waals surface area contributed by atoms with Gasteiger partial charge in [-0.3, -0.25) is 9.59 Å². The Kier molecular flexibility index (Phi) is 6.32. The summed E-state index contributed by atoms with van der Waals surface area (Å²) in [5.41, 5.74) is 1.10. The average Bonchev–Trinajstić information content (AvgIpc) is 2.65. The van der Waals surface area contributed by atoms with Crippen LogP contribution in [0.1, 0.15) is 27.6 Å². The van der Waals surface area contributed by atoms with Crippen LogP contribution >= 0.6 is 0 Å². The van der Waals surface area contributed by atoms with Gasteiger partial charge in [0.15, 0.2) is 12.4 Å². The lowest BCUT2D eigenvalue weighted by Crippen LogP contribution is -2.21. The lowest BCUT2D eigenvalue weighted by atomic mass is 10.1. The van der Waals surface area contributed by atoms with Crippen LogP contribution in [0.25, 0.3) is 0 Å². The molecule has 0 aromatic heterocycles. The van der Waals surface area contributed by atoms with Gasteiger partial charge >= 0.3 is 5.97 Å². The van der Waals surface area contributed by atoms with Crippen molar-refractivity contribution in [2.45, 2.75) is 6.92 Å². The monoisotopic (exact) mass is 357 g/mol. The van der Waals surface area contributed by atoms with E-state index >= 15 is 0 Å². The number of hydrogen-bond acceptors (Lipinski definition) is 6. The first-order valence-electron chi connectivity index (χ1n) is 7.74. The van der Waals surface area contributed by atoms with Gasteiger partial charge in [0.05, 0.1) is 14.2 Å². The number of rotatable bonds is 7. The highest BCUT2D eigenvalue weighted by atomic mass is 16.5. The fourth-order valence-electron chi connectivity index (χ4n) is 2.19. The zero-order valence-corrected chi connectivity index (χ0v) is 14.7. The van der Waals surface area contributed by atoms with Crippen LogP contribution in [-0.2, 0) is 9.53 Å². The van der Waals surface area contributed by atoms with Gasteiger partial charge in [-0.2, -0.15) is 0 Å². The highest BCUT2D eigenvalue weighted by Crippen LogP contribution is 2.25. The summed E-state index contributed by atoms with van der Waals surface area (Å²) in [6.45, 7) is 0.962. The molecule has 0 aliphatic rings. The van der Waals surface area contributed by atoms with Gasteiger partial charge in [-0.1, -0.05) is 12.1 Å². The van der Waals surface area contributed by atoms with Crippen LogP contribution in [0.5, 0.6) is 11.5 Å². The Bertz CT molecular complexity index is 831. The van der Waals surface area contributed by atoms with Gasteiger partial charge in [-0.15, -0.1) is 0 Å². The summed E-state index contributed by atoms with van der Waals surface area (Å²) < 4.78 is 15.2. The molecule has 0 spiro atoms. The molecule has 0 bridgehead atoms. The molecule has 7 heteroatoms. The summed E-state index contributed by atoms with van der Waals surface area (Å²) in [4.78, 5) is 35.5. The van der Waals surface area contributed by atoms with E-state index in [2.05, 4.69) is 5.32 Å². The standard InChI is InChI=1S/C19H19NO6/c1-12(21)13-5-4-6-14(9-13)20-18(22)11-26-19(23)16-8-7-15(24-2)10-17(16)25-3/h4-10H,11H2,1-3H3,(H,20,22). The molecule has 0 radical (unpaired) electrons.